The first-order chi connectivity index (χ1) is 14.0. The van der Waals surface area contributed by atoms with E-state index in [0.717, 1.165) is 12.1 Å². The van der Waals surface area contributed by atoms with Gasteiger partial charge in [0.25, 0.3) is 5.69 Å². The molecule has 0 aliphatic carbocycles. The number of hydrogen-bond donors (Lipinski definition) is 0. The summed E-state index contributed by atoms with van der Waals surface area (Å²) in [6, 6.07) is 13.1. The van der Waals surface area contributed by atoms with Gasteiger partial charge in [-0.25, -0.2) is 4.79 Å². The number of hydrogen-bond acceptors (Lipinski definition) is 9. The second-order valence-corrected chi connectivity index (χ2v) is 5.51. The van der Waals surface area contributed by atoms with E-state index in [1.807, 2.05) is 0 Å². The third kappa shape index (κ3) is 4.95. The van der Waals surface area contributed by atoms with E-state index < -0.39 is 10.9 Å². The molecule has 0 saturated heterocycles. The molecule has 0 aliphatic heterocycles. The molecule has 148 valence electrons. The number of esters is 1. The van der Waals surface area contributed by atoms with Gasteiger partial charge >= 0.3 is 12.0 Å². The zero-order chi connectivity index (χ0) is 20.8. The largest absolute Gasteiger partial charge is 0.481 e. The minimum Gasteiger partial charge on any atom is -0.481 e. The van der Waals surface area contributed by atoms with Crippen molar-refractivity contribution in [3.8, 4) is 29.3 Å². The molecule has 10 nitrogen and oxygen atoms in total. The molecular weight excluding hydrogens is 382 g/mol. The Labute approximate surface area is 164 Å². The standard InChI is InChI=1S/C19H15N3O7/c1-26-16-11-17(27-2)21-19(20-16)29-15-9-13(22(24)25)8-14(10-15)28-18(23)12-6-4-3-5-7-12/h3-11H,1-2H3. The SMILES string of the molecule is COc1cc(OC)nc(Oc2cc(OC(=O)c3ccccc3)cc([N+](=O)[O-])c2)n1. The number of methoxy groups -OCH3 is 2. The number of carbonyl (C=O) groups excluding carboxylic acids is 1. The Bertz CT molecular complexity index is 1020. The maximum absolute atomic E-state index is 12.2. The zero-order valence-electron chi connectivity index (χ0n) is 15.4. The fourth-order valence-electron chi connectivity index (χ4n) is 2.26. The van der Waals surface area contributed by atoms with E-state index in [4.69, 9.17) is 18.9 Å². The highest BCUT2D eigenvalue weighted by atomic mass is 16.6. The van der Waals surface area contributed by atoms with Crippen molar-refractivity contribution in [1.82, 2.24) is 9.97 Å². The molecule has 0 atom stereocenters. The van der Waals surface area contributed by atoms with Crippen LogP contribution in [0, 0.1) is 10.1 Å². The third-order valence-corrected chi connectivity index (χ3v) is 3.58. The first-order valence-corrected chi connectivity index (χ1v) is 8.20. The molecule has 0 saturated carbocycles. The van der Waals surface area contributed by atoms with Crippen LogP contribution in [0.25, 0.3) is 0 Å². The van der Waals surface area contributed by atoms with Gasteiger partial charge in [-0.1, -0.05) is 18.2 Å². The molecule has 0 unspecified atom stereocenters. The average molecular weight is 397 g/mol. The molecule has 0 fully saturated rings. The average Bonchev–Trinajstić information content (AvgIpc) is 2.73. The first-order valence-electron chi connectivity index (χ1n) is 8.20. The van der Waals surface area contributed by atoms with Crippen molar-refractivity contribution < 1.29 is 28.7 Å². The number of aromatic nitrogens is 2. The van der Waals surface area contributed by atoms with E-state index in [-0.39, 0.29) is 35.0 Å². The van der Waals surface area contributed by atoms with Gasteiger partial charge in [0.2, 0.25) is 11.8 Å². The first kappa shape index (κ1) is 19.5. The molecule has 0 spiro atoms. The summed E-state index contributed by atoms with van der Waals surface area (Å²) in [5.74, 6) is -0.402. The Kier molecular flexibility index (Phi) is 5.83. The van der Waals surface area contributed by atoms with Crippen molar-refractivity contribution in [2.45, 2.75) is 0 Å². The molecule has 1 aromatic heterocycles. The lowest BCUT2D eigenvalue weighted by Crippen LogP contribution is -2.08. The zero-order valence-corrected chi connectivity index (χ0v) is 15.4. The predicted molar refractivity (Wildman–Crippen MR) is 99.7 cm³/mol. The van der Waals surface area contributed by atoms with E-state index in [0.29, 0.717) is 5.56 Å². The van der Waals surface area contributed by atoms with E-state index in [1.165, 1.54) is 26.4 Å². The summed E-state index contributed by atoms with van der Waals surface area (Å²) in [5.41, 5.74) is -0.0458. The Morgan fingerprint density at radius 1 is 0.931 bits per heavy atom. The molecule has 0 radical (unpaired) electrons. The van der Waals surface area contributed by atoms with Crippen LogP contribution in [0.3, 0.4) is 0 Å². The fraction of sp³-hybridized carbons (Fsp3) is 0.105. The minimum atomic E-state index is -0.670. The van der Waals surface area contributed by atoms with Crippen LogP contribution in [0.2, 0.25) is 0 Å². The van der Waals surface area contributed by atoms with E-state index in [2.05, 4.69) is 9.97 Å². The lowest BCUT2D eigenvalue weighted by atomic mass is 10.2. The second-order valence-electron chi connectivity index (χ2n) is 5.51. The summed E-state index contributed by atoms with van der Waals surface area (Å²) < 4.78 is 20.8. The van der Waals surface area contributed by atoms with Crippen LogP contribution in [0.1, 0.15) is 10.4 Å². The summed E-state index contributed by atoms with van der Waals surface area (Å²) >= 11 is 0. The van der Waals surface area contributed by atoms with Crippen LogP contribution in [-0.4, -0.2) is 35.1 Å². The van der Waals surface area contributed by atoms with Crippen LogP contribution in [0.4, 0.5) is 5.69 Å². The quantitative estimate of drug-likeness (QED) is 0.255. The fourth-order valence-corrected chi connectivity index (χ4v) is 2.26. The van der Waals surface area contributed by atoms with Gasteiger partial charge in [-0.05, 0) is 12.1 Å². The van der Waals surface area contributed by atoms with Crippen molar-refractivity contribution >= 4 is 11.7 Å². The van der Waals surface area contributed by atoms with Crippen LogP contribution < -0.4 is 18.9 Å². The van der Waals surface area contributed by atoms with Crippen molar-refractivity contribution in [2.24, 2.45) is 0 Å². The highest BCUT2D eigenvalue weighted by Crippen LogP contribution is 2.31. The van der Waals surface area contributed by atoms with E-state index in [9.17, 15) is 14.9 Å². The van der Waals surface area contributed by atoms with Gasteiger partial charge in [-0.3, -0.25) is 10.1 Å². The molecule has 2 aromatic carbocycles. The lowest BCUT2D eigenvalue weighted by molar-refractivity contribution is -0.385. The van der Waals surface area contributed by atoms with Gasteiger partial charge in [0.05, 0.1) is 42.9 Å². The highest BCUT2D eigenvalue weighted by molar-refractivity contribution is 5.91. The number of non-ortho nitro benzene ring substituents is 1. The predicted octanol–water partition coefficient (Wildman–Crippen LogP) is 3.41. The molecule has 29 heavy (non-hydrogen) atoms. The number of nitrogens with zero attached hydrogens (tertiary/aromatic N) is 3. The number of nitro benzene ring substituents is 1. The number of benzene rings is 2. The maximum atomic E-state index is 12.2. The van der Waals surface area contributed by atoms with Gasteiger partial charge in [-0.15, -0.1) is 0 Å². The van der Waals surface area contributed by atoms with Crippen LogP contribution in [0.5, 0.6) is 29.3 Å². The topological polar surface area (TPSA) is 123 Å². The van der Waals surface area contributed by atoms with E-state index in [1.54, 1.807) is 30.3 Å². The van der Waals surface area contributed by atoms with Crippen molar-refractivity contribution in [3.63, 3.8) is 0 Å². The Balaban J connectivity index is 1.91. The molecule has 0 aliphatic rings. The summed E-state index contributed by atoms with van der Waals surface area (Å²) in [6.45, 7) is 0. The number of nitro groups is 1. The van der Waals surface area contributed by atoms with Crippen molar-refractivity contribution in [1.29, 1.82) is 0 Å². The van der Waals surface area contributed by atoms with Gasteiger partial charge in [0, 0.05) is 6.07 Å². The molecule has 0 amide bonds. The second kappa shape index (κ2) is 8.65. The maximum Gasteiger partial charge on any atom is 0.343 e. The molecular formula is C19H15N3O7. The molecule has 0 N–H and O–H groups in total. The normalized spacial score (nSPS) is 10.1. The molecule has 1 heterocycles. The Hall–Kier alpha value is -4.21. The number of rotatable bonds is 7. The summed E-state index contributed by atoms with van der Waals surface area (Å²) in [5, 5.41) is 11.3. The molecule has 3 rings (SSSR count). The Morgan fingerprint density at radius 2 is 1.55 bits per heavy atom. The van der Waals surface area contributed by atoms with Crippen LogP contribution in [0.15, 0.2) is 54.6 Å². The smallest absolute Gasteiger partial charge is 0.343 e. The third-order valence-electron chi connectivity index (χ3n) is 3.58. The van der Waals surface area contributed by atoms with Crippen LogP contribution >= 0.6 is 0 Å². The monoisotopic (exact) mass is 397 g/mol. The minimum absolute atomic E-state index is 0.00892. The van der Waals surface area contributed by atoms with Gasteiger partial charge in [0.1, 0.15) is 11.5 Å². The summed E-state index contributed by atoms with van der Waals surface area (Å²) in [4.78, 5) is 30.8. The van der Waals surface area contributed by atoms with Gasteiger partial charge in [0.15, 0.2) is 0 Å². The lowest BCUT2D eigenvalue weighted by Gasteiger charge is -2.09. The van der Waals surface area contributed by atoms with Gasteiger partial charge < -0.3 is 18.9 Å². The van der Waals surface area contributed by atoms with Gasteiger partial charge in [-0.2, -0.15) is 9.97 Å². The molecule has 10 heteroatoms. The van der Waals surface area contributed by atoms with Crippen LogP contribution in [-0.2, 0) is 0 Å². The Morgan fingerprint density at radius 3 is 2.14 bits per heavy atom. The van der Waals surface area contributed by atoms with Crippen molar-refractivity contribution in [3.05, 3.63) is 70.3 Å². The van der Waals surface area contributed by atoms with Crippen molar-refractivity contribution in [2.75, 3.05) is 14.2 Å². The molecule has 3 aromatic rings. The summed E-state index contributed by atoms with van der Waals surface area (Å²) in [6.07, 6.45) is 0. The number of ether oxygens (including phenoxy) is 4. The summed E-state index contributed by atoms with van der Waals surface area (Å²) in [7, 11) is 2.81. The molecule has 0 bridgehead atoms. The number of carbonyl (C=O) groups is 1. The van der Waals surface area contributed by atoms with E-state index >= 15 is 0 Å². The highest BCUT2D eigenvalue weighted by Gasteiger charge is 2.17.